The SMILES string of the molecule is Cn1c(/C(C#N)=C/c2cc(Br)cs2)nc2ccccc21. The van der Waals surface area contributed by atoms with E-state index in [0.717, 1.165) is 20.4 Å². The molecule has 1 aromatic carbocycles. The smallest absolute Gasteiger partial charge is 0.151 e. The maximum atomic E-state index is 9.42. The van der Waals surface area contributed by atoms with Crippen molar-refractivity contribution in [3.8, 4) is 6.07 Å². The van der Waals surface area contributed by atoms with Gasteiger partial charge in [-0.25, -0.2) is 4.98 Å². The summed E-state index contributed by atoms with van der Waals surface area (Å²) in [6.07, 6.45) is 1.87. The first-order valence-electron chi connectivity index (χ1n) is 5.96. The molecule has 0 amide bonds. The largest absolute Gasteiger partial charge is 0.327 e. The third kappa shape index (κ3) is 2.28. The minimum absolute atomic E-state index is 0.568. The number of hydrogen-bond acceptors (Lipinski definition) is 3. The van der Waals surface area contributed by atoms with Crippen LogP contribution in [0.2, 0.25) is 0 Å². The highest BCUT2D eigenvalue weighted by atomic mass is 79.9. The van der Waals surface area contributed by atoms with E-state index < -0.39 is 0 Å². The summed E-state index contributed by atoms with van der Waals surface area (Å²) in [6.45, 7) is 0. The van der Waals surface area contributed by atoms with E-state index >= 15 is 0 Å². The summed E-state index contributed by atoms with van der Waals surface area (Å²) in [7, 11) is 1.93. The Morgan fingerprint density at radius 2 is 2.25 bits per heavy atom. The van der Waals surface area contributed by atoms with Crippen molar-refractivity contribution in [1.29, 1.82) is 5.26 Å². The van der Waals surface area contributed by atoms with Gasteiger partial charge in [0.1, 0.15) is 6.07 Å². The lowest BCUT2D eigenvalue weighted by atomic mass is 10.2. The molecule has 0 aliphatic carbocycles. The van der Waals surface area contributed by atoms with Gasteiger partial charge >= 0.3 is 0 Å². The number of para-hydroxylation sites is 2. The van der Waals surface area contributed by atoms with Gasteiger partial charge in [-0.2, -0.15) is 5.26 Å². The predicted octanol–water partition coefficient (Wildman–Crippen LogP) is 4.46. The van der Waals surface area contributed by atoms with Crippen molar-refractivity contribution in [1.82, 2.24) is 9.55 Å². The highest BCUT2D eigenvalue weighted by Crippen LogP contribution is 2.26. The summed E-state index contributed by atoms with van der Waals surface area (Å²) in [5, 5.41) is 11.4. The third-order valence-corrected chi connectivity index (χ3v) is 4.66. The second kappa shape index (κ2) is 5.23. The molecule has 98 valence electrons. The first-order chi connectivity index (χ1) is 9.69. The summed E-state index contributed by atoms with van der Waals surface area (Å²) in [5.41, 5.74) is 2.49. The monoisotopic (exact) mass is 343 g/mol. The fourth-order valence-corrected chi connectivity index (χ4v) is 3.46. The molecule has 0 atom stereocenters. The number of nitriles is 1. The number of aromatic nitrogens is 2. The van der Waals surface area contributed by atoms with Crippen LogP contribution in [0.4, 0.5) is 0 Å². The molecule has 0 saturated heterocycles. The van der Waals surface area contributed by atoms with Crippen LogP contribution in [0.3, 0.4) is 0 Å². The van der Waals surface area contributed by atoms with Crippen molar-refractivity contribution in [3.05, 3.63) is 50.9 Å². The molecule has 0 N–H and O–H groups in total. The van der Waals surface area contributed by atoms with Crippen molar-refractivity contribution in [2.75, 3.05) is 0 Å². The Labute approximate surface area is 128 Å². The number of thiophene rings is 1. The van der Waals surface area contributed by atoms with Gasteiger partial charge in [-0.1, -0.05) is 12.1 Å². The Morgan fingerprint density at radius 3 is 2.90 bits per heavy atom. The zero-order valence-corrected chi connectivity index (χ0v) is 13.1. The zero-order valence-electron chi connectivity index (χ0n) is 10.7. The van der Waals surface area contributed by atoms with Crippen LogP contribution in [0.1, 0.15) is 10.7 Å². The van der Waals surface area contributed by atoms with Gasteiger partial charge in [0.2, 0.25) is 0 Å². The van der Waals surface area contributed by atoms with Crippen LogP contribution in [0.15, 0.2) is 40.2 Å². The van der Waals surface area contributed by atoms with E-state index in [1.807, 2.05) is 53.4 Å². The molecule has 0 saturated carbocycles. The van der Waals surface area contributed by atoms with Crippen molar-refractivity contribution >= 4 is 49.9 Å². The fraction of sp³-hybridized carbons (Fsp3) is 0.0667. The minimum atomic E-state index is 0.568. The third-order valence-electron chi connectivity index (χ3n) is 3.02. The molecule has 0 radical (unpaired) electrons. The number of halogens is 1. The zero-order chi connectivity index (χ0) is 14.1. The van der Waals surface area contributed by atoms with E-state index in [4.69, 9.17) is 0 Å². The number of aryl methyl sites for hydroxylation is 1. The molecule has 5 heteroatoms. The molecule has 0 spiro atoms. The Balaban J connectivity index is 2.15. The van der Waals surface area contributed by atoms with Crippen LogP contribution >= 0.6 is 27.3 Å². The van der Waals surface area contributed by atoms with E-state index in [1.165, 1.54) is 0 Å². The number of hydrogen-bond donors (Lipinski definition) is 0. The molecule has 3 nitrogen and oxygen atoms in total. The molecule has 3 rings (SSSR count). The molecule has 0 unspecified atom stereocenters. The highest BCUT2D eigenvalue weighted by molar-refractivity contribution is 9.10. The molecule has 0 aliphatic heterocycles. The Hall–Kier alpha value is -1.90. The van der Waals surface area contributed by atoms with Crippen molar-refractivity contribution in [2.24, 2.45) is 7.05 Å². The number of benzene rings is 1. The average molecular weight is 344 g/mol. The van der Waals surface area contributed by atoms with Gasteiger partial charge in [0, 0.05) is 21.8 Å². The first kappa shape index (κ1) is 13.1. The van der Waals surface area contributed by atoms with Gasteiger partial charge in [0.25, 0.3) is 0 Å². The van der Waals surface area contributed by atoms with Gasteiger partial charge in [-0.3, -0.25) is 0 Å². The minimum Gasteiger partial charge on any atom is -0.327 e. The van der Waals surface area contributed by atoms with Crippen LogP contribution in [0.5, 0.6) is 0 Å². The van der Waals surface area contributed by atoms with Crippen LogP contribution in [0.25, 0.3) is 22.7 Å². The number of fused-ring (bicyclic) bond motifs is 1. The van der Waals surface area contributed by atoms with E-state index in [1.54, 1.807) is 11.3 Å². The molecule has 3 aromatic rings. The van der Waals surface area contributed by atoms with E-state index in [9.17, 15) is 5.26 Å². The molecule has 2 heterocycles. The highest BCUT2D eigenvalue weighted by Gasteiger charge is 2.12. The second-order valence-electron chi connectivity index (χ2n) is 4.32. The van der Waals surface area contributed by atoms with Gasteiger partial charge in [0.15, 0.2) is 5.82 Å². The van der Waals surface area contributed by atoms with Crippen molar-refractivity contribution < 1.29 is 0 Å². The van der Waals surface area contributed by atoms with E-state index in [2.05, 4.69) is 27.0 Å². The second-order valence-corrected chi connectivity index (χ2v) is 6.18. The summed E-state index contributed by atoms with van der Waals surface area (Å²) in [4.78, 5) is 5.58. The van der Waals surface area contributed by atoms with E-state index in [0.29, 0.717) is 11.4 Å². The van der Waals surface area contributed by atoms with Crippen LogP contribution in [-0.4, -0.2) is 9.55 Å². The first-order valence-corrected chi connectivity index (χ1v) is 7.64. The van der Waals surface area contributed by atoms with Crippen LogP contribution in [0, 0.1) is 11.3 Å². The fourth-order valence-electron chi connectivity index (χ4n) is 2.08. The van der Waals surface area contributed by atoms with Gasteiger partial charge < -0.3 is 4.57 Å². The molecule has 2 aromatic heterocycles. The summed E-state index contributed by atoms with van der Waals surface area (Å²) >= 11 is 5.01. The van der Waals surface area contributed by atoms with Gasteiger partial charge in [-0.05, 0) is 40.2 Å². The summed E-state index contributed by atoms with van der Waals surface area (Å²) in [6, 6.07) is 12.1. The summed E-state index contributed by atoms with van der Waals surface area (Å²) < 4.78 is 2.98. The lowest BCUT2D eigenvalue weighted by molar-refractivity contribution is 0.925. The molecular formula is C15H10BrN3S. The van der Waals surface area contributed by atoms with Gasteiger partial charge in [-0.15, -0.1) is 11.3 Å². The standard InChI is InChI=1S/C15H10BrN3S/c1-19-14-5-3-2-4-13(14)18-15(19)10(8-17)6-12-7-11(16)9-20-12/h2-7,9H,1H3/b10-6+. The maximum Gasteiger partial charge on any atom is 0.151 e. The quantitative estimate of drug-likeness (QED) is 0.644. The normalized spacial score (nSPS) is 11.8. The number of allylic oxidation sites excluding steroid dienone is 1. The molecule has 0 fully saturated rings. The number of nitrogens with zero attached hydrogens (tertiary/aromatic N) is 3. The summed E-state index contributed by atoms with van der Waals surface area (Å²) in [5.74, 6) is 0.693. The Morgan fingerprint density at radius 1 is 1.45 bits per heavy atom. The molecule has 0 bridgehead atoms. The maximum absolute atomic E-state index is 9.42. The lowest BCUT2D eigenvalue weighted by Gasteiger charge is -1.99. The van der Waals surface area contributed by atoms with Crippen molar-refractivity contribution in [2.45, 2.75) is 0 Å². The van der Waals surface area contributed by atoms with Crippen LogP contribution in [-0.2, 0) is 7.05 Å². The van der Waals surface area contributed by atoms with E-state index in [-0.39, 0.29) is 0 Å². The number of imidazole rings is 1. The Kier molecular flexibility index (Phi) is 3.43. The lowest BCUT2D eigenvalue weighted by Crippen LogP contribution is -1.95. The molecule has 20 heavy (non-hydrogen) atoms. The molecular weight excluding hydrogens is 334 g/mol. The topological polar surface area (TPSA) is 41.6 Å². The van der Waals surface area contributed by atoms with Crippen LogP contribution < -0.4 is 0 Å². The Bertz CT molecular complexity index is 852. The molecule has 0 aliphatic rings. The average Bonchev–Trinajstić information content (AvgIpc) is 3.01. The predicted molar refractivity (Wildman–Crippen MR) is 86.2 cm³/mol. The van der Waals surface area contributed by atoms with Crippen molar-refractivity contribution in [3.63, 3.8) is 0 Å². The van der Waals surface area contributed by atoms with Gasteiger partial charge in [0.05, 0.1) is 16.6 Å². The number of rotatable bonds is 2.